The second-order valence-corrected chi connectivity index (χ2v) is 8.55. The maximum absolute atomic E-state index is 13.2. The van der Waals surface area contributed by atoms with Crippen LogP contribution < -0.4 is 15.0 Å². The number of carbonyl (C=O) groups is 1. The number of Topliss-reactive ketones (excluding diaryl/α,β-unsaturated/α-hetero) is 1. The Kier molecular flexibility index (Phi) is 6.33. The molecule has 1 aliphatic carbocycles. The van der Waals surface area contributed by atoms with Gasteiger partial charge in [0.15, 0.2) is 5.78 Å². The number of ketones is 1. The first-order chi connectivity index (χ1) is 15.4. The van der Waals surface area contributed by atoms with Gasteiger partial charge in [0.25, 0.3) is 5.56 Å². The summed E-state index contributed by atoms with van der Waals surface area (Å²) >= 11 is 6.41. The minimum absolute atomic E-state index is 0.00462. The van der Waals surface area contributed by atoms with Crippen LogP contribution in [0.25, 0.3) is 5.69 Å². The van der Waals surface area contributed by atoms with Crippen LogP contribution in [0, 0.1) is 19.8 Å². The van der Waals surface area contributed by atoms with Crippen LogP contribution in [0.4, 0.5) is 0 Å². The Morgan fingerprint density at radius 1 is 1.19 bits per heavy atom. The Morgan fingerprint density at radius 3 is 2.56 bits per heavy atom. The molecule has 7 heteroatoms. The summed E-state index contributed by atoms with van der Waals surface area (Å²) in [7, 11) is 1.61. The Labute approximate surface area is 191 Å². The lowest BCUT2D eigenvalue weighted by atomic mass is 10.1. The molecule has 1 aromatic carbocycles. The van der Waals surface area contributed by atoms with Gasteiger partial charge in [-0.2, -0.15) is 0 Å². The van der Waals surface area contributed by atoms with E-state index in [1.54, 1.807) is 25.4 Å². The largest absolute Gasteiger partial charge is 0.497 e. The summed E-state index contributed by atoms with van der Waals surface area (Å²) in [6, 6.07) is 10.9. The predicted octanol–water partition coefficient (Wildman–Crippen LogP) is 5.07. The lowest BCUT2D eigenvalue weighted by Gasteiger charge is -2.16. The first-order valence-corrected chi connectivity index (χ1v) is 10.9. The number of aromatic nitrogens is 2. The second kappa shape index (κ2) is 9.17. The van der Waals surface area contributed by atoms with E-state index in [0.717, 1.165) is 29.7 Å². The SMILES string of the molecule is COc1ccc(COc2cc(C)n(-c3cc(C(=O)CC4CC4)ncc3C)c(=O)c2Cl)cc1. The fraction of sp³-hybridized carbons (Fsp3) is 0.320. The number of hydrogen-bond acceptors (Lipinski definition) is 5. The minimum atomic E-state index is -0.397. The number of hydrogen-bond donors (Lipinski definition) is 0. The molecule has 0 amide bonds. The molecule has 0 radical (unpaired) electrons. The van der Waals surface area contributed by atoms with Crippen LogP contribution in [-0.4, -0.2) is 22.4 Å². The van der Waals surface area contributed by atoms with Crippen LogP contribution in [0.2, 0.25) is 5.02 Å². The fourth-order valence-electron chi connectivity index (χ4n) is 3.56. The van der Waals surface area contributed by atoms with Crippen molar-refractivity contribution in [1.29, 1.82) is 0 Å². The Hall–Kier alpha value is -3.12. The predicted molar refractivity (Wildman–Crippen MR) is 123 cm³/mol. The Balaban J connectivity index is 1.62. The highest BCUT2D eigenvalue weighted by atomic mass is 35.5. The highest BCUT2D eigenvalue weighted by Crippen LogP contribution is 2.33. The zero-order valence-electron chi connectivity index (χ0n) is 18.4. The van der Waals surface area contributed by atoms with Crippen LogP contribution in [0.3, 0.4) is 0 Å². The molecule has 0 N–H and O–H groups in total. The van der Waals surface area contributed by atoms with E-state index in [1.165, 1.54) is 4.57 Å². The standard InChI is InChI=1S/C25H25ClN2O4/c1-15-13-27-20(22(29)11-17-4-5-17)12-21(15)28-16(2)10-23(24(26)25(28)30)32-14-18-6-8-19(31-3)9-7-18/h6-10,12-13,17H,4-5,11,14H2,1-3H3. The second-order valence-electron chi connectivity index (χ2n) is 8.17. The summed E-state index contributed by atoms with van der Waals surface area (Å²) in [6.45, 7) is 3.93. The molecule has 0 saturated heterocycles. The van der Waals surface area contributed by atoms with Crippen molar-refractivity contribution in [1.82, 2.24) is 9.55 Å². The van der Waals surface area contributed by atoms with Crippen molar-refractivity contribution in [3.05, 3.63) is 80.5 Å². The molecular weight excluding hydrogens is 428 g/mol. The number of halogens is 1. The lowest BCUT2D eigenvalue weighted by Crippen LogP contribution is -2.23. The molecule has 6 nitrogen and oxygen atoms in total. The van der Waals surface area contributed by atoms with Gasteiger partial charge in [-0.15, -0.1) is 0 Å². The highest BCUT2D eigenvalue weighted by molar-refractivity contribution is 6.31. The van der Waals surface area contributed by atoms with Crippen molar-refractivity contribution in [2.45, 2.75) is 39.7 Å². The van der Waals surface area contributed by atoms with E-state index in [0.29, 0.717) is 35.2 Å². The third kappa shape index (κ3) is 4.70. The van der Waals surface area contributed by atoms with E-state index >= 15 is 0 Å². The molecule has 1 fully saturated rings. The summed E-state index contributed by atoms with van der Waals surface area (Å²) in [5.74, 6) is 1.55. The van der Waals surface area contributed by atoms with Crippen LogP contribution >= 0.6 is 11.6 Å². The van der Waals surface area contributed by atoms with Gasteiger partial charge in [0.1, 0.15) is 28.8 Å². The lowest BCUT2D eigenvalue weighted by molar-refractivity contribution is 0.0971. The van der Waals surface area contributed by atoms with Crippen LogP contribution in [0.1, 0.15) is 46.6 Å². The number of methoxy groups -OCH3 is 1. The monoisotopic (exact) mass is 452 g/mol. The van der Waals surface area contributed by atoms with E-state index in [4.69, 9.17) is 21.1 Å². The molecule has 0 unspecified atom stereocenters. The van der Waals surface area contributed by atoms with Gasteiger partial charge in [-0.25, -0.2) is 0 Å². The third-order valence-electron chi connectivity index (χ3n) is 5.63. The molecule has 32 heavy (non-hydrogen) atoms. The van der Waals surface area contributed by atoms with E-state index in [2.05, 4.69) is 4.98 Å². The molecule has 0 aliphatic heterocycles. The number of nitrogens with zero attached hydrogens (tertiary/aromatic N) is 2. The van der Waals surface area contributed by atoms with Crippen LogP contribution in [0.5, 0.6) is 11.5 Å². The van der Waals surface area contributed by atoms with E-state index < -0.39 is 5.56 Å². The molecule has 1 aliphatic rings. The van der Waals surface area contributed by atoms with Crippen molar-refractivity contribution in [3.8, 4) is 17.2 Å². The van der Waals surface area contributed by atoms with Gasteiger partial charge in [0.2, 0.25) is 0 Å². The quantitative estimate of drug-likeness (QED) is 0.446. The molecular formula is C25H25ClN2O4. The number of aryl methyl sites for hydroxylation is 2. The molecule has 2 aromatic heterocycles. The maximum atomic E-state index is 13.2. The van der Waals surface area contributed by atoms with Crippen molar-refractivity contribution in [2.75, 3.05) is 7.11 Å². The van der Waals surface area contributed by atoms with Crippen LogP contribution in [0.15, 0.2) is 47.4 Å². The molecule has 0 spiro atoms. The molecule has 2 heterocycles. The highest BCUT2D eigenvalue weighted by Gasteiger charge is 2.26. The zero-order chi connectivity index (χ0) is 22.8. The number of benzene rings is 1. The summed E-state index contributed by atoms with van der Waals surface area (Å²) in [4.78, 5) is 30.0. The number of pyridine rings is 2. The van der Waals surface area contributed by atoms with Crippen molar-refractivity contribution in [3.63, 3.8) is 0 Å². The average Bonchev–Trinajstić information content (AvgIpc) is 3.61. The summed E-state index contributed by atoms with van der Waals surface area (Å²) in [5.41, 5.74) is 2.93. The molecule has 0 bridgehead atoms. The van der Waals surface area contributed by atoms with Crippen molar-refractivity contribution in [2.24, 2.45) is 5.92 Å². The van der Waals surface area contributed by atoms with E-state index in [9.17, 15) is 9.59 Å². The summed E-state index contributed by atoms with van der Waals surface area (Å²) in [5, 5.41) is -0.00817. The van der Waals surface area contributed by atoms with Crippen LogP contribution in [-0.2, 0) is 6.61 Å². The zero-order valence-corrected chi connectivity index (χ0v) is 19.1. The van der Waals surface area contributed by atoms with Gasteiger partial charge in [-0.1, -0.05) is 23.7 Å². The van der Waals surface area contributed by atoms with Crippen molar-refractivity contribution < 1.29 is 14.3 Å². The average molecular weight is 453 g/mol. The smallest absolute Gasteiger partial charge is 0.277 e. The van der Waals surface area contributed by atoms with Crippen molar-refractivity contribution >= 4 is 17.4 Å². The summed E-state index contributed by atoms with van der Waals surface area (Å²) < 4.78 is 12.5. The Bertz CT molecular complexity index is 1210. The number of carbonyl (C=O) groups excluding carboxylic acids is 1. The molecule has 166 valence electrons. The van der Waals surface area contributed by atoms with Gasteiger partial charge < -0.3 is 9.47 Å². The summed E-state index contributed by atoms with van der Waals surface area (Å²) in [6.07, 6.45) is 4.32. The third-order valence-corrected chi connectivity index (χ3v) is 5.97. The maximum Gasteiger partial charge on any atom is 0.277 e. The van der Waals surface area contributed by atoms with Gasteiger partial charge in [0, 0.05) is 24.4 Å². The normalized spacial score (nSPS) is 13.1. The van der Waals surface area contributed by atoms with Gasteiger partial charge in [-0.3, -0.25) is 19.1 Å². The fourth-order valence-corrected chi connectivity index (χ4v) is 3.76. The first-order valence-electron chi connectivity index (χ1n) is 10.6. The van der Waals surface area contributed by atoms with E-state index in [-0.39, 0.29) is 17.4 Å². The van der Waals surface area contributed by atoms with Gasteiger partial charge in [0.05, 0.1) is 12.8 Å². The number of rotatable bonds is 8. The topological polar surface area (TPSA) is 70.4 Å². The first kappa shape index (κ1) is 22.1. The Morgan fingerprint density at radius 2 is 1.91 bits per heavy atom. The van der Waals surface area contributed by atoms with E-state index in [1.807, 2.05) is 38.1 Å². The van der Waals surface area contributed by atoms with Gasteiger partial charge in [-0.05, 0) is 61.9 Å². The molecule has 1 saturated carbocycles. The molecule has 0 atom stereocenters. The minimum Gasteiger partial charge on any atom is -0.497 e. The molecule has 3 aromatic rings. The molecule has 4 rings (SSSR count). The van der Waals surface area contributed by atoms with Gasteiger partial charge >= 0.3 is 0 Å². The number of ether oxygens (including phenoxy) is 2.